The molecule has 0 aliphatic heterocycles. The van der Waals surface area contributed by atoms with Crippen LogP contribution in [-0.2, 0) is 0 Å². The van der Waals surface area contributed by atoms with Crippen molar-refractivity contribution in [2.24, 2.45) is 0 Å². The Morgan fingerprint density at radius 3 is 2.95 bits per heavy atom. The Morgan fingerprint density at radius 2 is 2.20 bits per heavy atom. The molecule has 0 saturated heterocycles. The molecule has 6 heteroatoms. The summed E-state index contributed by atoms with van der Waals surface area (Å²) in [5.41, 5.74) is 0.0268. The summed E-state index contributed by atoms with van der Waals surface area (Å²) in [7, 11) is 0. The lowest BCUT2D eigenvalue weighted by atomic mass is 10.3. The molecule has 0 atom stereocenters. The average molecular weight is 310 g/mol. The maximum Gasteiger partial charge on any atom is 0.265 e. The first-order valence-electron chi connectivity index (χ1n) is 5.56. The zero-order valence-electron chi connectivity index (χ0n) is 10.1. The molecule has 1 aromatic heterocycles. The topological polar surface area (TPSA) is 49.3 Å². The first-order valence-corrected chi connectivity index (χ1v) is 6.75. The fourth-order valence-corrected chi connectivity index (χ4v) is 2.38. The maximum atomic E-state index is 13.5. The first kappa shape index (κ1) is 14.5. The van der Waals surface area contributed by atoms with Gasteiger partial charge in [0.05, 0.1) is 15.4 Å². The Kier molecular flexibility index (Phi) is 4.74. The molecule has 2 rings (SSSR count). The van der Waals surface area contributed by atoms with E-state index < -0.39 is 11.7 Å². The van der Waals surface area contributed by atoms with Crippen LogP contribution in [-0.4, -0.2) is 17.6 Å². The molecule has 0 saturated carbocycles. The number of rotatable bonds is 2. The van der Waals surface area contributed by atoms with Crippen molar-refractivity contribution in [2.45, 2.75) is 0 Å². The number of carbonyl (C=O) groups excluding carboxylic acids is 1. The molecule has 1 aromatic carbocycles. The van der Waals surface area contributed by atoms with Crippen LogP contribution < -0.4 is 5.32 Å². The Balaban J connectivity index is 2.15. The number of hydrogen-bond donors (Lipinski definition) is 2. The largest absolute Gasteiger partial charge is 0.384 e. The lowest BCUT2D eigenvalue weighted by Gasteiger charge is -2.05. The standard InChI is InChI=1S/C14H9ClFNO2S/c15-9-3-5-11(16)12(8-9)17-14(19)13-6-4-10(20-13)2-1-7-18/h3-6,8,18H,7H2,(H,17,19). The van der Waals surface area contributed by atoms with Gasteiger partial charge in [-0.15, -0.1) is 11.3 Å². The van der Waals surface area contributed by atoms with Gasteiger partial charge in [-0.1, -0.05) is 23.4 Å². The van der Waals surface area contributed by atoms with E-state index in [-0.39, 0.29) is 12.3 Å². The van der Waals surface area contributed by atoms with Crippen LogP contribution in [0.25, 0.3) is 0 Å². The summed E-state index contributed by atoms with van der Waals surface area (Å²) in [6.45, 7) is -0.243. The van der Waals surface area contributed by atoms with Crippen LogP contribution in [0.1, 0.15) is 14.5 Å². The summed E-state index contributed by atoms with van der Waals surface area (Å²) in [6.07, 6.45) is 0. The predicted octanol–water partition coefficient (Wildman–Crippen LogP) is 3.14. The van der Waals surface area contributed by atoms with E-state index in [9.17, 15) is 9.18 Å². The Labute approximate surface area is 124 Å². The Morgan fingerprint density at radius 1 is 1.40 bits per heavy atom. The molecular weight excluding hydrogens is 301 g/mol. The second-order valence-corrected chi connectivity index (χ2v) is 5.22. The summed E-state index contributed by atoms with van der Waals surface area (Å²) in [5.74, 6) is 4.19. The van der Waals surface area contributed by atoms with Gasteiger partial charge in [-0.05, 0) is 30.3 Å². The van der Waals surface area contributed by atoms with E-state index in [0.29, 0.717) is 14.8 Å². The van der Waals surface area contributed by atoms with Crippen LogP contribution in [0.15, 0.2) is 30.3 Å². The zero-order chi connectivity index (χ0) is 14.5. The van der Waals surface area contributed by atoms with Crippen molar-refractivity contribution in [3.8, 4) is 11.8 Å². The molecule has 0 bridgehead atoms. The quantitative estimate of drug-likeness (QED) is 0.837. The van der Waals surface area contributed by atoms with Gasteiger partial charge in [-0.25, -0.2) is 4.39 Å². The van der Waals surface area contributed by atoms with Crippen LogP contribution in [0.3, 0.4) is 0 Å². The number of thiophene rings is 1. The molecule has 2 N–H and O–H groups in total. The second kappa shape index (κ2) is 6.53. The number of nitrogens with one attached hydrogen (secondary N) is 1. The van der Waals surface area contributed by atoms with Crippen molar-refractivity contribution >= 4 is 34.5 Å². The van der Waals surface area contributed by atoms with E-state index >= 15 is 0 Å². The van der Waals surface area contributed by atoms with Gasteiger partial charge in [-0.2, -0.15) is 0 Å². The van der Waals surface area contributed by atoms with Crippen LogP contribution in [0, 0.1) is 17.7 Å². The highest BCUT2D eigenvalue weighted by Crippen LogP contribution is 2.22. The van der Waals surface area contributed by atoms with Crippen molar-refractivity contribution in [1.29, 1.82) is 0 Å². The molecule has 1 heterocycles. The summed E-state index contributed by atoms with van der Waals surface area (Å²) in [4.78, 5) is 13.0. The number of hydrogen-bond acceptors (Lipinski definition) is 3. The molecule has 1 amide bonds. The minimum absolute atomic E-state index is 0.0268. The normalized spacial score (nSPS) is 9.75. The number of amides is 1. The monoisotopic (exact) mass is 309 g/mol. The first-order chi connectivity index (χ1) is 9.60. The summed E-state index contributed by atoms with van der Waals surface area (Å²) in [5, 5.41) is 11.4. The number of aliphatic hydroxyl groups is 1. The molecule has 0 aliphatic rings. The van der Waals surface area contributed by atoms with E-state index in [1.165, 1.54) is 18.2 Å². The highest BCUT2D eigenvalue weighted by Gasteiger charge is 2.11. The Hall–Kier alpha value is -1.87. The van der Waals surface area contributed by atoms with E-state index in [4.69, 9.17) is 16.7 Å². The maximum absolute atomic E-state index is 13.5. The number of halogens is 2. The summed E-state index contributed by atoms with van der Waals surface area (Å²) >= 11 is 6.91. The van der Waals surface area contributed by atoms with Gasteiger partial charge in [0.1, 0.15) is 12.4 Å². The number of carbonyl (C=O) groups is 1. The summed E-state index contributed by atoms with van der Waals surface area (Å²) < 4.78 is 13.5. The fourth-order valence-electron chi connectivity index (χ4n) is 1.43. The van der Waals surface area contributed by atoms with E-state index in [0.717, 1.165) is 11.3 Å². The van der Waals surface area contributed by atoms with Crippen LogP contribution in [0.5, 0.6) is 0 Å². The summed E-state index contributed by atoms with van der Waals surface area (Å²) in [6, 6.07) is 7.18. The molecule has 0 radical (unpaired) electrons. The van der Waals surface area contributed by atoms with Crippen molar-refractivity contribution in [1.82, 2.24) is 0 Å². The lowest BCUT2D eigenvalue weighted by molar-refractivity contribution is 0.103. The lowest BCUT2D eigenvalue weighted by Crippen LogP contribution is -2.11. The SMILES string of the molecule is O=C(Nc1cc(Cl)ccc1F)c1ccc(C#CCO)s1. The van der Waals surface area contributed by atoms with Gasteiger partial charge >= 0.3 is 0 Å². The molecule has 20 heavy (non-hydrogen) atoms. The molecule has 0 aliphatic carbocycles. The van der Waals surface area contributed by atoms with E-state index in [1.807, 2.05) is 0 Å². The smallest absolute Gasteiger partial charge is 0.265 e. The van der Waals surface area contributed by atoms with Gasteiger partial charge in [0, 0.05) is 5.02 Å². The van der Waals surface area contributed by atoms with Crippen molar-refractivity contribution in [3.63, 3.8) is 0 Å². The molecular formula is C14H9ClFNO2S. The third-order valence-corrected chi connectivity index (χ3v) is 3.53. The molecule has 0 unspecified atom stereocenters. The zero-order valence-corrected chi connectivity index (χ0v) is 11.7. The molecule has 0 spiro atoms. The highest BCUT2D eigenvalue weighted by molar-refractivity contribution is 7.14. The van der Waals surface area contributed by atoms with E-state index in [1.54, 1.807) is 12.1 Å². The van der Waals surface area contributed by atoms with Crippen molar-refractivity contribution < 1.29 is 14.3 Å². The molecule has 2 aromatic rings. The minimum Gasteiger partial charge on any atom is -0.384 e. The highest BCUT2D eigenvalue weighted by atomic mass is 35.5. The number of aliphatic hydroxyl groups excluding tert-OH is 1. The van der Waals surface area contributed by atoms with E-state index in [2.05, 4.69) is 17.2 Å². The van der Waals surface area contributed by atoms with Gasteiger partial charge in [0.25, 0.3) is 5.91 Å². The Bertz CT molecular complexity index is 703. The third kappa shape index (κ3) is 3.58. The fraction of sp³-hybridized carbons (Fsp3) is 0.0714. The third-order valence-electron chi connectivity index (χ3n) is 2.30. The molecule has 0 fully saturated rings. The van der Waals surface area contributed by atoms with Crippen LogP contribution >= 0.6 is 22.9 Å². The minimum atomic E-state index is -0.556. The molecule has 102 valence electrons. The number of anilines is 1. The second-order valence-electron chi connectivity index (χ2n) is 3.70. The van der Waals surface area contributed by atoms with Gasteiger partial charge in [0.15, 0.2) is 0 Å². The van der Waals surface area contributed by atoms with Crippen LogP contribution in [0.4, 0.5) is 10.1 Å². The van der Waals surface area contributed by atoms with Gasteiger partial charge in [0.2, 0.25) is 0 Å². The van der Waals surface area contributed by atoms with Crippen LogP contribution in [0.2, 0.25) is 5.02 Å². The van der Waals surface area contributed by atoms with Gasteiger partial charge in [-0.3, -0.25) is 4.79 Å². The number of benzene rings is 1. The van der Waals surface area contributed by atoms with Crippen molar-refractivity contribution in [3.05, 3.63) is 50.9 Å². The van der Waals surface area contributed by atoms with Crippen molar-refractivity contribution in [2.75, 3.05) is 11.9 Å². The average Bonchev–Trinajstić information content (AvgIpc) is 2.89. The predicted molar refractivity (Wildman–Crippen MR) is 77.6 cm³/mol. The van der Waals surface area contributed by atoms with Gasteiger partial charge < -0.3 is 10.4 Å². The molecule has 3 nitrogen and oxygen atoms in total.